The number of nitrogens with two attached hydrogens (primary N) is 1. The molecule has 0 bridgehead atoms. The van der Waals surface area contributed by atoms with Crippen molar-refractivity contribution < 1.29 is 4.79 Å². The molecule has 0 fully saturated rings. The first kappa shape index (κ1) is 7.70. The van der Waals surface area contributed by atoms with E-state index >= 15 is 0 Å². The van der Waals surface area contributed by atoms with Crippen LogP contribution in [0.15, 0.2) is 12.2 Å². The highest BCUT2D eigenvalue weighted by molar-refractivity contribution is 5.92. The zero-order valence-corrected chi connectivity index (χ0v) is 5.22. The molecule has 1 atom stereocenters. The number of amides is 1. The van der Waals surface area contributed by atoms with Crippen molar-refractivity contribution in [2.24, 2.45) is 11.7 Å². The summed E-state index contributed by atoms with van der Waals surface area (Å²) in [6.07, 6.45) is 0. The monoisotopic (exact) mass is 124 g/mol. The van der Waals surface area contributed by atoms with Gasteiger partial charge in [0.25, 0.3) is 0 Å². The van der Waals surface area contributed by atoms with E-state index in [4.69, 9.17) is 11.0 Å². The molecule has 0 saturated carbocycles. The predicted octanol–water partition coefficient (Wildman–Crippen LogP) is 0.188. The lowest BCUT2D eigenvalue weighted by Crippen LogP contribution is -2.17. The molecule has 1 amide bonds. The van der Waals surface area contributed by atoms with Crippen LogP contribution in [0.1, 0.15) is 6.92 Å². The Morgan fingerprint density at radius 2 is 2.33 bits per heavy atom. The second-order valence-electron chi connectivity index (χ2n) is 1.74. The van der Waals surface area contributed by atoms with Crippen molar-refractivity contribution in [1.29, 1.82) is 5.26 Å². The van der Waals surface area contributed by atoms with Crippen LogP contribution in [0.5, 0.6) is 0 Å². The molecule has 2 N–H and O–H groups in total. The van der Waals surface area contributed by atoms with Gasteiger partial charge in [-0.05, 0) is 6.92 Å². The van der Waals surface area contributed by atoms with E-state index in [0.717, 1.165) is 0 Å². The quantitative estimate of drug-likeness (QED) is 0.534. The van der Waals surface area contributed by atoms with E-state index in [1.165, 1.54) is 0 Å². The van der Waals surface area contributed by atoms with Gasteiger partial charge < -0.3 is 5.73 Å². The minimum absolute atomic E-state index is 0.164. The van der Waals surface area contributed by atoms with Crippen LogP contribution in [0.2, 0.25) is 0 Å². The highest BCUT2D eigenvalue weighted by atomic mass is 16.1. The zero-order valence-electron chi connectivity index (χ0n) is 5.22. The summed E-state index contributed by atoms with van der Waals surface area (Å²) in [4.78, 5) is 10.3. The van der Waals surface area contributed by atoms with E-state index < -0.39 is 11.8 Å². The Morgan fingerprint density at radius 1 is 1.89 bits per heavy atom. The number of nitriles is 1. The van der Waals surface area contributed by atoms with Crippen LogP contribution < -0.4 is 5.73 Å². The van der Waals surface area contributed by atoms with E-state index in [0.29, 0.717) is 0 Å². The molecule has 0 rings (SSSR count). The number of carbonyl (C=O) groups is 1. The first-order chi connectivity index (χ1) is 4.09. The standard InChI is InChI=1S/C6H8N2O/c1-4(3-7)5(2)6(8)9/h4H,2H2,1H3,(H2,8,9). The topological polar surface area (TPSA) is 66.9 Å². The highest BCUT2D eigenvalue weighted by Crippen LogP contribution is 2.03. The fourth-order valence-electron chi connectivity index (χ4n) is 0.291. The molecule has 0 aliphatic carbocycles. The molecule has 0 spiro atoms. The lowest BCUT2D eigenvalue weighted by molar-refractivity contribution is -0.114. The fraction of sp³-hybridized carbons (Fsp3) is 0.333. The molecule has 0 aliphatic rings. The fourth-order valence-corrected chi connectivity index (χ4v) is 0.291. The Balaban J connectivity index is 4.09. The zero-order chi connectivity index (χ0) is 7.44. The van der Waals surface area contributed by atoms with Crippen molar-refractivity contribution in [3.8, 4) is 6.07 Å². The molecule has 3 heteroatoms. The van der Waals surface area contributed by atoms with Gasteiger partial charge in [0, 0.05) is 5.57 Å². The van der Waals surface area contributed by atoms with Gasteiger partial charge in [-0.3, -0.25) is 4.79 Å². The van der Waals surface area contributed by atoms with Crippen LogP contribution in [0.4, 0.5) is 0 Å². The Labute approximate surface area is 53.8 Å². The van der Waals surface area contributed by atoms with Crippen LogP contribution in [-0.4, -0.2) is 5.91 Å². The molecule has 48 valence electrons. The smallest absolute Gasteiger partial charge is 0.245 e. The molecule has 0 saturated heterocycles. The molecule has 0 radical (unpaired) electrons. The van der Waals surface area contributed by atoms with Gasteiger partial charge >= 0.3 is 0 Å². The van der Waals surface area contributed by atoms with Crippen LogP contribution in [0, 0.1) is 17.2 Å². The van der Waals surface area contributed by atoms with Crippen molar-refractivity contribution >= 4 is 5.91 Å². The summed E-state index contributed by atoms with van der Waals surface area (Å²) in [5, 5.41) is 8.24. The van der Waals surface area contributed by atoms with E-state index in [1.54, 1.807) is 6.92 Å². The van der Waals surface area contributed by atoms with Gasteiger partial charge in [-0.1, -0.05) is 6.58 Å². The summed E-state index contributed by atoms with van der Waals surface area (Å²) >= 11 is 0. The van der Waals surface area contributed by atoms with Gasteiger partial charge in [-0.2, -0.15) is 5.26 Å². The van der Waals surface area contributed by atoms with Gasteiger partial charge in [0.05, 0.1) is 12.0 Å². The minimum atomic E-state index is -0.607. The third-order valence-electron chi connectivity index (χ3n) is 1.03. The number of nitrogens with zero attached hydrogens (tertiary/aromatic N) is 1. The second-order valence-corrected chi connectivity index (χ2v) is 1.74. The summed E-state index contributed by atoms with van der Waals surface area (Å²) < 4.78 is 0. The summed E-state index contributed by atoms with van der Waals surface area (Å²) in [5.74, 6) is -1.08. The highest BCUT2D eigenvalue weighted by Gasteiger charge is 2.08. The summed E-state index contributed by atoms with van der Waals surface area (Å²) in [7, 11) is 0. The number of hydrogen-bond donors (Lipinski definition) is 1. The number of primary amides is 1. The Hall–Kier alpha value is -1.30. The molecule has 0 heterocycles. The van der Waals surface area contributed by atoms with Gasteiger partial charge in [0.1, 0.15) is 0 Å². The van der Waals surface area contributed by atoms with Crippen molar-refractivity contribution in [3.63, 3.8) is 0 Å². The van der Waals surface area contributed by atoms with Crippen LogP contribution >= 0.6 is 0 Å². The maximum absolute atomic E-state index is 10.3. The Bertz CT molecular complexity index is 178. The third-order valence-corrected chi connectivity index (χ3v) is 1.03. The molecule has 0 aliphatic heterocycles. The SMILES string of the molecule is C=C(C(N)=O)C(C)C#N. The second kappa shape index (κ2) is 2.88. The molecule has 9 heavy (non-hydrogen) atoms. The number of hydrogen-bond acceptors (Lipinski definition) is 2. The van der Waals surface area contributed by atoms with Crippen molar-refractivity contribution in [3.05, 3.63) is 12.2 Å². The molecule has 0 aromatic carbocycles. The molecular formula is C6H8N2O. The Kier molecular flexibility index (Phi) is 2.46. The van der Waals surface area contributed by atoms with Crippen molar-refractivity contribution in [1.82, 2.24) is 0 Å². The predicted molar refractivity (Wildman–Crippen MR) is 33.1 cm³/mol. The average molecular weight is 124 g/mol. The van der Waals surface area contributed by atoms with Crippen molar-refractivity contribution in [2.45, 2.75) is 6.92 Å². The maximum Gasteiger partial charge on any atom is 0.245 e. The largest absolute Gasteiger partial charge is 0.366 e. The summed E-state index contributed by atoms with van der Waals surface area (Å²) in [5.41, 5.74) is 4.99. The van der Waals surface area contributed by atoms with E-state index in [2.05, 4.69) is 6.58 Å². The maximum atomic E-state index is 10.3. The molecule has 3 nitrogen and oxygen atoms in total. The first-order valence-corrected chi connectivity index (χ1v) is 2.47. The average Bonchev–Trinajstić information content (AvgIpc) is 1.84. The van der Waals surface area contributed by atoms with Gasteiger partial charge in [0.2, 0.25) is 5.91 Å². The van der Waals surface area contributed by atoms with E-state index in [1.807, 2.05) is 6.07 Å². The first-order valence-electron chi connectivity index (χ1n) is 2.47. The lowest BCUT2D eigenvalue weighted by atomic mass is 10.1. The third kappa shape index (κ3) is 1.96. The molecule has 0 aromatic heterocycles. The summed E-state index contributed by atoms with van der Waals surface area (Å²) in [6.45, 7) is 4.90. The lowest BCUT2D eigenvalue weighted by Gasteiger charge is -1.98. The molecule has 0 aromatic rings. The number of carbonyl (C=O) groups excluding carboxylic acids is 1. The van der Waals surface area contributed by atoms with Gasteiger partial charge in [-0.25, -0.2) is 0 Å². The van der Waals surface area contributed by atoms with Gasteiger partial charge in [-0.15, -0.1) is 0 Å². The van der Waals surface area contributed by atoms with E-state index in [9.17, 15) is 4.79 Å². The normalized spacial score (nSPS) is 11.6. The van der Waals surface area contributed by atoms with E-state index in [-0.39, 0.29) is 5.57 Å². The van der Waals surface area contributed by atoms with Crippen LogP contribution in [0.25, 0.3) is 0 Å². The van der Waals surface area contributed by atoms with Crippen LogP contribution in [0.3, 0.4) is 0 Å². The number of rotatable bonds is 2. The Morgan fingerprint density at radius 3 is 2.44 bits per heavy atom. The summed E-state index contributed by atoms with van der Waals surface area (Å²) in [6, 6.07) is 1.85. The molecular weight excluding hydrogens is 116 g/mol. The molecule has 1 unspecified atom stereocenters. The van der Waals surface area contributed by atoms with Gasteiger partial charge in [0.15, 0.2) is 0 Å². The van der Waals surface area contributed by atoms with Crippen LogP contribution in [-0.2, 0) is 4.79 Å². The minimum Gasteiger partial charge on any atom is -0.366 e. The van der Waals surface area contributed by atoms with Crippen molar-refractivity contribution in [2.75, 3.05) is 0 Å².